The lowest BCUT2D eigenvalue weighted by atomic mass is 10.1. The largest absolute Gasteiger partial charge is 0.494 e. The molecule has 3 aromatic rings. The van der Waals surface area contributed by atoms with E-state index in [1.807, 2.05) is 67.3 Å². The van der Waals surface area contributed by atoms with E-state index >= 15 is 0 Å². The maximum absolute atomic E-state index is 12.8. The Bertz CT molecular complexity index is 979. The van der Waals surface area contributed by atoms with Gasteiger partial charge in [-0.3, -0.25) is 4.79 Å². The van der Waals surface area contributed by atoms with Crippen LogP contribution in [-0.2, 0) is 0 Å². The lowest BCUT2D eigenvalue weighted by Crippen LogP contribution is -2.49. The minimum absolute atomic E-state index is 0.0593. The number of amides is 1. The fourth-order valence-corrected chi connectivity index (χ4v) is 3.54. The quantitative estimate of drug-likeness (QED) is 0.699. The number of fused-ring (bicyclic) bond motifs is 1. The number of anilines is 1. The second-order valence-electron chi connectivity index (χ2n) is 6.86. The summed E-state index contributed by atoms with van der Waals surface area (Å²) in [5.74, 6) is 1.75. The van der Waals surface area contributed by atoms with Gasteiger partial charge >= 0.3 is 0 Å². The fourth-order valence-electron chi connectivity index (χ4n) is 3.54. The topological polar surface area (TPSA) is 58.6 Å². The molecule has 4 rings (SSSR count). The van der Waals surface area contributed by atoms with Gasteiger partial charge in [0.25, 0.3) is 5.91 Å². The molecule has 0 spiro atoms. The van der Waals surface area contributed by atoms with Crippen LogP contribution in [-0.4, -0.2) is 53.6 Å². The molecule has 6 nitrogen and oxygen atoms in total. The molecule has 1 aromatic heterocycles. The molecule has 6 heteroatoms. The number of ether oxygens (including phenoxy) is 1. The summed E-state index contributed by atoms with van der Waals surface area (Å²) in [4.78, 5) is 26.4. The number of aryl methyl sites for hydroxylation is 1. The molecule has 1 amide bonds. The third kappa shape index (κ3) is 3.63. The first-order valence-corrected chi connectivity index (χ1v) is 9.66. The summed E-state index contributed by atoms with van der Waals surface area (Å²) < 4.78 is 5.45. The molecule has 0 radical (unpaired) electrons. The average molecular weight is 376 g/mol. The first kappa shape index (κ1) is 18.2. The molecule has 0 atom stereocenters. The van der Waals surface area contributed by atoms with Gasteiger partial charge in [-0.1, -0.05) is 12.1 Å². The zero-order valence-electron chi connectivity index (χ0n) is 16.3. The molecule has 0 saturated carbocycles. The zero-order valence-corrected chi connectivity index (χ0v) is 16.3. The van der Waals surface area contributed by atoms with E-state index in [1.54, 1.807) is 0 Å². The summed E-state index contributed by atoms with van der Waals surface area (Å²) in [6.07, 6.45) is 0. The van der Waals surface area contributed by atoms with E-state index in [0.717, 1.165) is 41.4 Å². The highest BCUT2D eigenvalue weighted by molar-refractivity contribution is 5.94. The number of benzene rings is 2. The molecule has 1 saturated heterocycles. The highest BCUT2D eigenvalue weighted by Gasteiger charge is 2.24. The van der Waals surface area contributed by atoms with Gasteiger partial charge in [0.05, 0.1) is 23.3 Å². The molecule has 0 unspecified atom stereocenters. The van der Waals surface area contributed by atoms with Crippen LogP contribution in [0.25, 0.3) is 11.0 Å². The van der Waals surface area contributed by atoms with Crippen LogP contribution in [0.1, 0.15) is 23.0 Å². The number of aromatic nitrogens is 2. The van der Waals surface area contributed by atoms with Crippen molar-refractivity contribution in [2.45, 2.75) is 13.8 Å². The van der Waals surface area contributed by atoms with Gasteiger partial charge in [-0.2, -0.15) is 0 Å². The first-order valence-electron chi connectivity index (χ1n) is 9.66. The molecule has 0 aliphatic carbocycles. The van der Waals surface area contributed by atoms with Crippen molar-refractivity contribution in [1.29, 1.82) is 0 Å². The predicted octanol–water partition coefficient (Wildman–Crippen LogP) is 3.30. The Hall–Kier alpha value is -3.15. The molecular formula is C22H24N4O2. The van der Waals surface area contributed by atoms with Crippen molar-refractivity contribution in [3.63, 3.8) is 0 Å². The van der Waals surface area contributed by atoms with Crippen LogP contribution >= 0.6 is 0 Å². The molecule has 144 valence electrons. The minimum atomic E-state index is 0.0593. The third-order valence-electron chi connectivity index (χ3n) is 5.00. The first-order chi connectivity index (χ1) is 13.7. The summed E-state index contributed by atoms with van der Waals surface area (Å²) in [6.45, 7) is 7.38. The van der Waals surface area contributed by atoms with Crippen molar-refractivity contribution in [2.24, 2.45) is 0 Å². The Balaban J connectivity index is 1.44. The molecule has 0 bridgehead atoms. The Morgan fingerprint density at radius 2 is 1.61 bits per heavy atom. The van der Waals surface area contributed by atoms with Crippen molar-refractivity contribution in [3.8, 4) is 5.75 Å². The number of carbonyl (C=O) groups is 1. The maximum Gasteiger partial charge on any atom is 0.253 e. The second kappa shape index (κ2) is 7.84. The van der Waals surface area contributed by atoms with Gasteiger partial charge in [-0.25, -0.2) is 9.97 Å². The van der Waals surface area contributed by atoms with Crippen LogP contribution in [0.4, 0.5) is 5.82 Å². The van der Waals surface area contributed by atoms with Crippen LogP contribution in [0.15, 0.2) is 48.5 Å². The van der Waals surface area contributed by atoms with E-state index in [4.69, 9.17) is 9.72 Å². The molecule has 2 heterocycles. The maximum atomic E-state index is 12.8. The van der Waals surface area contributed by atoms with Gasteiger partial charge in [-0.05, 0) is 50.2 Å². The van der Waals surface area contributed by atoms with Crippen LogP contribution in [0.2, 0.25) is 0 Å². The van der Waals surface area contributed by atoms with E-state index in [0.29, 0.717) is 25.3 Å². The summed E-state index contributed by atoms with van der Waals surface area (Å²) in [5, 5.41) is 0. The van der Waals surface area contributed by atoms with E-state index < -0.39 is 0 Å². The number of nitrogens with zero attached hydrogens (tertiary/aromatic N) is 4. The van der Waals surface area contributed by atoms with Gasteiger partial charge in [0.1, 0.15) is 5.75 Å². The molecule has 1 aliphatic rings. The molecular weight excluding hydrogens is 352 g/mol. The highest BCUT2D eigenvalue weighted by atomic mass is 16.5. The fraction of sp³-hybridized carbons (Fsp3) is 0.318. The predicted molar refractivity (Wildman–Crippen MR) is 110 cm³/mol. The van der Waals surface area contributed by atoms with E-state index in [1.165, 1.54) is 0 Å². The van der Waals surface area contributed by atoms with Crippen molar-refractivity contribution in [3.05, 3.63) is 59.8 Å². The van der Waals surface area contributed by atoms with E-state index in [-0.39, 0.29) is 5.91 Å². The summed E-state index contributed by atoms with van der Waals surface area (Å²) in [7, 11) is 0. The van der Waals surface area contributed by atoms with Crippen molar-refractivity contribution in [2.75, 3.05) is 37.7 Å². The van der Waals surface area contributed by atoms with Gasteiger partial charge in [0.15, 0.2) is 5.82 Å². The number of carbonyl (C=O) groups excluding carboxylic acids is 1. The van der Waals surface area contributed by atoms with E-state index in [2.05, 4.69) is 9.88 Å². The average Bonchev–Trinajstić information content (AvgIpc) is 2.74. The molecule has 1 aliphatic heterocycles. The Kier molecular flexibility index (Phi) is 5.10. The lowest BCUT2D eigenvalue weighted by molar-refractivity contribution is 0.0746. The van der Waals surface area contributed by atoms with Gasteiger partial charge in [0, 0.05) is 31.7 Å². The van der Waals surface area contributed by atoms with Crippen molar-refractivity contribution >= 4 is 22.8 Å². The van der Waals surface area contributed by atoms with Crippen LogP contribution in [0.5, 0.6) is 5.75 Å². The monoisotopic (exact) mass is 376 g/mol. The number of hydrogen-bond acceptors (Lipinski definition) is 5. The van der Waals surface area contributed by atoms with Crippen molar-refractivity contribution in [1.82, 2.24) is 14.9 Å². The second-order valence-corrected chi connectivity index (χ2v) is 6.86. The van der Waals surface area contributed by atoms with Gasteiger partial charge in [0.2, 0.25) is 0 Å². The standard InChI is InChI=1S/C22H24N4O2/c1-3-28-18-10-8-17(9-11-18)22(27)26-14-12-25(13-15-26)21-16(2)23-19-6-4-5-7-20(19)24-21/h4-11H,3,12-15H2,1-2H3. The number of rotatable bonds is 4. The smallest absolute Gasteiger partial charge is 0.253 e. The molecule has 1 fully saturated rings. The number of para-hydroxylation sites is 2. The third-order valence-corrected chi connectivity index (χ3v) is 5.00. The Labute approximate surface area is 164 Å². The number of piperazine rings is 1. The van der Waals surface area contributed by atoms with Gasteiger partial charge < -0.3 is 14.5 Å². The zero-order chi connectivity index (χ0) is 19.5. The Morgan fingerprint density at radius 1 is 0.964 bits per heavy atom. The van der Waals surface area contributed by atoms with Crippen LogP contribution in [0, 0.1) is 6.92 Å². The summed E-state index contributed by atoms with van der Waals surface area (Å²) in [6, 6.07) is 15.3. The Morgan fingerprint density at radius 3 is 2.25 bits per heavy atom. The summed E-state index contributed by atoms with van der Waals surface area (Å²) in [5.41, 5.74) is 3.42. The van der Waals surface area contributed by atoms with Crippen LogP contribution < -0.4 is 9.64 Å². The minimum Gasteiger partial charge on any atom is -0.494 e. The number of hydrogen-bond donors (Lipinski definition) is 0. The SMILES string of the molecule is CCOc1ccc(C(=O)N2CCN(c3nc4ccccc4nc3C)CC2)cc1. The van der Waals surface area contributed by atoms with Gasteiger partial charge in [-0.15, -0.1) is 0 Å². The molecule has 0 N–H and O–H groups in total. The van der Waals surface area contributed by atoms with E-state index in [9.17, 15) is 4.79 Å². The normalized spacial score (nSPS) is 14.4. The summed E-state index contributed by atoms with van der Waals surface area (Å²) >= 11 is 0. The lowest BCUT2D eigenvalue weighted by Gasteiger charge is -2.36. The highest BCUT2D eigenvalue weighted by Crippen LogP contribution is 2.22. The molecule has 28 heavy (non-hydrogen) atoms. The van der Waals surface area contributed by atoms with Crippen molar-refractivity contribution < 1.29 is 9.53 Å². The molecule has 2 aromatic carbocycles. The van der Waals surface area contributed by atoms with Crippen LogP contribution in [0.3, 0.4) is 0 Å².